The first-order chi connectivity index (χ1) is 8.45. The largest absolute Gasteiger partial charge is 0.393 e. The van der Waals surface area contributed by atoms with Gasteiger partial charge in [0.2, 0.25) is 0 Å². The van der Waals surface area contributed by atoms with Crippen molar-refractivity contribution < 1.29 is 10.2 Å². The van der Waals surface area contributed by atoms with Crippen molar-refractivity contribution in [3.8, 4) is 0 Å². The van der Waals surface area contributed by atoms with E-state index in [0.717, 1.165) is 38.5 Å². The van der Waals surface area contributed by atoms with Gasteiger partial charge in [0.15, 0.2) is 0 Å². The first kappa shape index (κ1) is 17.9. The standard InChI is InChI=1S/C16H34O2/c1-6-8-10-14(13(5)17)15(11-9-7-2)16(18)12(3)4/h12-18H,6-11H2,1-5H3. The van der Waals surface area contributed by atoms with Crippen molar-refractivity contribution >= 4 is 0 Å². The van der Waals surface area contributed by atoms with Crippen LogP contribution >= 0.6 is 0 Å². The van der Waals surface area contributed by atoms with E-state index < -0.39 is 0 Å². The van der Waals surface area contributed by atoms with E-state index in [-0.39, 0.29) is 30.0 Å². The van der Waals surface area contributed by atoms with Crippen LogP contribution in [0, 0.1) is 17.8 Å². The summed E-state index contributed by atoms with van der Waals surface area (Å²) in [6.07, 6.45) is 6.07. The fraction of sp³-hybridized carbons (Fsp3) is 1.00. The third-order valence-corrected chi connectivity index (χ3v) is 4.07. The van der Waals surface area contributed by atoms with Crippen LogP contribution in [0.25, 0.3) is 0 Å². The maximum absolute atomic E-state index is 10.4. The van der Waals surface area contributed by atoms with Gasteiger partial charge in [0.05, 0.1) is 12.2 Å². The van der Waals surface area contributed by atoms with Gasteiger partial charge in [-0.05, 0) is 37.5 Å². The Balaban J connectivity index is 4.73. The molecule has 0 aliphatic carbocycles. The van der Waals surface area contributed by atoms with Gasteiger partial charge in [-0.1, -0.05) is 53.4 Å². The Morgan fingerprint density at radius 1 is 0.778 bits per heavy atom. The molecule has 2 heteroatoms. The third kappa shape index (κ3) is 6.19. The topological polar surface area (TPSA) is 40.5 Å². The quantitative estimate of drug-likeness (QED) is 0.622. The van der Waals surface area contributed by atoms with Gasteiger partial charge in [-0.25, -0.2) is 0 Å². The second-order valence-electron chi connectivity index (χ2n) is 6.09. The van der Waals surface area contributed by atoms with Crippen LogP contribution in [-0.2, 0) is 0 Å². The molecule has 110 valence electrons. The molecule has 2 N–H and O–H groups in total. The summed E-state index contributed by atoms with van der Waals surface area (Å²) in [5.41, 5.74) is 0. The smallest absolute Gasteiger partial charge is 0.0594 e. The van der Waals surface area contributed by atoms with Gasteiger partial charge in [0, 0.05) is 0 Å². The van der Waals surface area contributed by atoms with Gasteiger partial charge >= 0.3 is 0 Å². The molecule has 0 saturated heterocycles. The van der Waals surface area contributed by atoms with Crippen LogP contribution in [0.1, 0.15) is 73.1 Å². The molecule has 0 heterocycles. The van der Waals surface area contributed by atoms with Crippen molar-refractivity contribution in [2.45, 2.75) is 85.4 Å². The summed E-state index contributed by atoms with van der Waals surface area (Å²) < 4.78 is 0. The number of hydrogen-bond acceptors (Lipinski definition) is 2. The number of aliphatic hydroxyl groups is 2. The Morgan fingerprint density at radius 3 is 1.56 bits per heavy atom. The summed E-state index contributed by atoms with van der Waals surface area (Å²) in [7, 11) is 0. The van der Waals surface area contributed by atoms with Crippen LogP contribution in [-0.4, -0.2) is 22.4 Å². The molecule has 2 nitrogen and oxygen atoms in total. The zero-order chi connectivity index (χ0) is 14.1. The second kappa shape index (κ2) is 9.80. The zero-order valence-electron chi connectivity index (χ0n) is 13.0. The van der Waals surface area contributed by atoms with E-state index in [9.17, 15) is 10.2 Å². The molecule has 0 amide bonds. The minimum atomic E-state index is -0.313. The molecule has 0 aromatic carbocycles. The number of aliphatic hydroxyl groups excluding tert-OH is 2. The molecule has 0 saturated carbocycles. The van der Waals surface area contributed by atoms with Crippen molar-refractivity contribution in [1.29, 1.82) is 0 Å². The van der Waals surface area contributed by atoms with Crippen LogP contribution in [0.2, 0.25) is 0 Å². The van der Waals surface area contributed by atoms with Crippen molar-refractivity contribution in [3.05, 3.63) is 0 Å². The van der Waals surface area contributed by atoms with Gasteiger partial charge < -0.3 is 10.2 Å². The Morgan fingerprint density at radius 2 is 1.22 bits per heavy atom. The first-order valence-electron chi connectivity index (χ1n) is 7.81. The Bertz CT molecular complexity index is 190. The normalized spacial score (nSPS) is 18.7. The maximum Gasteiger partial charge on any atom is 0.0594 e. The number of unbranched alkanes of at least 4 members (excludes halogenated alkanes) is 2. The fourth-order valence-electron chi connectivity index (χ4n) is 2.83. The van der Waals surface area contributed by atoms with Crippen molar-refractivity contribution in [2.24, 2.45) is 17.8 Å². The molecule has 4 unspecified atom stereocenters. The van der Waals surface area contributed by atoms with E-state index in [4.69, 9.17) is 0 Å². The molecule has 0 fully saturated rings. The van der Waals surface area contributed by atoms with Gasteiger partial charge in [-0.2, -0.15) is 0 Å². The van der Waals surface area contributed by atoms with Crippen molar-refractivity contribution in [2.75, 3.05) is 0 Å². The van der Waals surface area contributed by atoms with E-state index in [1.807, 2.05) is 6.92 Å². The minimum Gasteiger partial charge on any atom is -0.393 e. The van der Waals surface area contributed by atoms with Crippen LogP contribution in [0.3, 0.4) is 0 Å². The minimum absolute atomic E-state index is 0.244. The molecule has 0 aliphatic rings. The third-order valence-electron chi connectivity index (χ3n) is 4.07. The van der Waals surface area contributed by atoms with Crippen LogP contribution in [0.5, 0.6) is 0 Å². The van der Waals surface area contributed by atoms with E-state index >= 15 is 0 Å². The molecule has 0 radical (unpaired) electrons. The van der Waals surface area contributed by atoms with Gasteiger partial charge in [-0.15, -0.1) is 0 Å². The Labute approximate surface area is 114 Å². The molecule has 0 aliphatic heterocycles. The molecular formula is C16H34O2. The SMILES string of the molecule is CCCCC(C(C)O)C(CCCC)C(O)C(C)C. The molecule has 0 rings (SSSR count). The van der Waals surface area contributed by atoms with E-state index in [0.29, 0.717) is 0 Å². The lowest BCUT2D eigenvalue weighted by Gasteiger charge is -2.35. The lowest BCUT2D eigenvalue weighted by atomic mass is 9.75. The van der Waals surface area contributed by atoms with E-state index in [2.05, 4.69) is 27.7 Å². The van der Waals surface area contributed by atoms with Gasteiger partial charge in [0.1, 0.15) is 0 Å². The van der Waals surface area contributed by atoms with Gasteiger partial charge in [0.25, 0.3) is 0 Å². The lowest BCUT2D eigenvalue weighted by molar-refractivity contribution is -0.0161. The summed E-state index contributed by atoms with van der Waals surface area (Å²) in [4.78, 5) is 0. The summed E-state index contributed by atoms with van der Waals surface area (Å²) in [5.74, 6) is 0.764. The Kier molecular flexibility index (Phi) is 9.76. The summed E-state index contributed by atoms with van der Waals surface area (Å²) in [6, 6.07) is 0. The monoisotopic (exact) mass is 258 g/mol. The molecule has 0 spiro atoms. The fourth-order valence-corrected chi connectivity index (χ4v) is 2.83. The summed E-state index contributed by atoms with van der Waals surface area (Å²) in [5, 5.41) is 20.4. The highest BCUT2D eigenvalue weighted by atomic mass is 16.3. The van der Waals surface area contributed by atoms with Crippen LogP contribution < -0.4 is 0 Å². The highest BCUT2D eigenvalue weighted by Gasteiger charge is 2.31. The molecule has 4 atom stereocenters. The highest BCUT2D eigenvalue weighted by molar-refractivity contribution is 4.81. The predicted octanol–water partition coefficient (Wildman–Crippen LogP) is 4.00. The molecule has 0 aromatic heterocycles. The van der Waals surface area contributed by atoms with Crippen molar-refractivity contribution in [1.82, 2.24) is 0 Å². The number of rotatable bonds is 10. The average molecular weight is 258 g/mol. The summed E-state index contributed by atoms with van der Waals surface area (Å²) >= 11 is 0. The second-order valence-corrected chi connectivity index (χ2v) is 6.09. The molecule has 18 heavy (non-hydrogen) atoms. The predicted molar refractivity (Wildman–Crippen MR) is 78.6 cm³/mol. The molecule has 0 bridgehead atoms. The van der Waals surface area contributed by atoms with Crippen molar-refractivity contribution in [3.63, 3.8) is 0 Å². The first-order valence-corrected chi connectivity index (χ1v) is 7.81. The van der Waals surface area contributed by atoms with Crippen LogP contribution in [0.15, 0.2) is 0 Å². The highest BCUT2D eigenvalue weighted by Crippen LogP contribution is 2.32. The van der Waals surface area contributed by atoms with Crippen LogP contribution in [0.4, 0.5) is 0 Å². The molecular weight excluding hydrogens is 224 g/mol. The van der Waals surface area contributed by atoms with E-state index in [1.54, 1.807) is 0 Å². The Hall–Kier alpha value is -0.0800. The molecule has 0 aromatic rings. The lowest BCUT2D eigenvalue weighted by Crippen LogP contribution is -2.37. The average Bonchev–Trinajstić information content (AvgIpc) is 2.31. The summed E-state index contributed by atoms with van der Waals surface area (Å²) in [6.45, 7) is 10.4. The zero-order valence-corrected chi connectivity index (χ0v) is 13.0. The van der Waals surface area contributed by atoms with Gasteiger partial charge in [-0.3, -0.25) is 0 Å². The number of hydrogen-bond donors (Lipinski definition) is 2. The van der Waals surface area contributed by atoms with E-state index in [1.165, 1.54) is 0 Å². The maximum atomic E-state index is 10.4.